The predicted molar refractivity (Wildman–Crippen MR) is 316 cm³/mol. The van der Waals surface area contributed by atoms with Crippen molar-refractivity contribution < 1.29 is 28.6 Å². The molecule has 0 aromatic heterocycles. The molecule has 0 aromatic rings. The van der Waals surface area contributed by atoms with Crippen molar-refractivity contribution in [2.75, 3.05) is 13.2 Å². The van der Waals surface area contributed by atoms with E-state index in [2.05, 4.69) is 81.5 Å². The van der Waals surface area contributed by atoms with E-state index in [1.807, 2.05) is 0 Å². The number of rotatable bonds is 58. The third-order valence-corrected chi connectivity index (χ3v) is 13.9. The molecule has 0 aliphatic carbocycles. The van der Waals surface area contributed by atoms with Crippen molar-refractivity contribution in [3.05, 3.63) is 60.8 Å². The van der Waals surface area contributed by atoms with Gasteiger partial charge in [0.15, 0.2) is 6.10 Å². The summed E-state index contributed by atoms with van der Waals surface area (Å²) in [5.74, 6) is -0.885. The number of hydrogen-bond donors (Lipinski definition) is 0. The third-order valence-electron chi connectivity index (χ3n) is 13.9. The van der Waals surface area contributed by atoms with Crippen molar-refractivity contribution in [2.45, 2.75) is 335 Å². The maximum absolute atomic E-state index is 12.9. The number of hydrogen-bond acceptors (Lipinski definition) is 6. The molecule has 0 rings (SSSR count). The molecule has 0 bridgehead atoms. The monoisotopic (exact) mass is 1020 g/mol. The van der Waals surface area contributed by atoms with Crippen LogP contribution in [0.3, 0.4) is 0 Å². The summed E-state index contributed by atoms with van der Waals surface area (Å²) in [5.41, 5.74) is 0. The van der Waals surface area contributed by atoms with Gasteiger partial charge in [0.05, 0.1) is 0 Å². The molecule has 6 nitrogen and oxygen atoms in total. The summed E-state index contributed by atoms with van der Waals surface area (Å²) in [6.07, 6.45) is 78.1. The Morgan fingerprint density at radius 2 is 0.521 bits per heavy atom. The van der Waals surface area contributed by atoms with E-state index < -0.39 is 6.10 Å². The molecule has 0 heterocycles. The average molecular weight is 1020 g/mol. The molecule has 1 unspecified atom stereocenters. The summed E-state index contributed by atoms with van der Waals surface area (Å²) in [5, 5.41) is 0. The zero-order chi connectivity index (χ0) is 52.9. The van der Waals surface area contributed by atoms with Gasteiger partial charge in [0.1, 0.15) is 13.2 Å². The maximum Gasteiger partial charge on any atom is 0.306 e. The van der Waals surface area contributed by atoms with Gasteiger partial charge >= 0.3 is 17.9 Å². The Labute approximate surface area is 453 Å². The zero-order valence-electron chi connectivity index (χ0n) is 48.7. The third kappa shape index (κ3) is 59.9. The highest BCUT2D eigenvalue weighted by Gasteiger charge is 2.19. The number of ether oxygens (including phenoxy) is 3. The van der Waals surface area contributed by atoms with E-state index >= 15 is 0 Å². The Bertz CT molecular complexity index is 1310. The van der Waals surface area contributed by atoms with E-state index in [0.29, 0.717) is 19.3 Å². The fraction of sp³-hybridized carbons (Fsp3) is 0.806. The van der Waals surface area contributed by atoms with E-state index in [-0.39, 0.29) is 31.1 Å². The molecule has 0 saturated carbocycles. The van der Waals surface area contributed by atoms with Crippen LogP contribution in [0.1, 0.15) is 329 Å². The van der Waals surface area contributed by atoms with Gasteiger partial charge in [-0.15, -0.1) is 0 Å². The second-order valence-electron chi connectivity index (χ2n) is 21.3. The Kier molecular flexibility index (Phi) is 59.2. The highest BCUT2D eigenvalue weighted by Crippen LogP contribution is 2.16. The lowest BCUT2D eigenvalue weighted by molar-refractivity contribution is -0.167. The molecule has 0 amide bonds. The van der Waals surface area contributed by atoms with Crippen LogP contribution in [0.4, 0.5) is 0 Å². The lowest BCUT2D eigenvalue weighted by atomic mass is 10.0. The van der Waals surface area contributed by atoms with E-state index in [9.17, 15) is 14.4 Å². The summed E-state index contributed by atoms with van der Waals surface area (Å²) in [7, 11) is 0. The molecule has 0 saturated heterocycles. The van der Waals surface area contributed by atoms with Crippen LogP contribution >= 0.6 is 0 Å². The van der Waals surface area contributed by atoms with Gasteiger partial charge in [-0.3, -0.25) is 14.4 Å². The molecule has 0 aromatic carbocycles. The molecule has 73 heavy (non-hydrogen) atoms. The van der Waals surface area contributed by atoms with Crippen LogP contribution in [0, 0.1) is 0 Å². The van der Waals surface area contributed by atoms with Crippen molar-refractivity contribution in [3.8, 4) is 0 Å². The molecule has 424 valence electrons. The first-order valence-electron chi connectivity index (χ1n) is 31.8. The Morgan fingerprint density at radius 1 is 0.274 bits per heavy atom. The minimum atomic E-state index is -0.781. The van der Waals surface area contributed by atoms with Crippen molar-refractivity contribution in [2.24, 2.45) is 0 Å². The second kappa shape index (κ2) is 61.7. The van der Waals surface area contributed by atoms with E-state index in [1.54, 1.807) is 0 Å². The van der Waals surface area contributed by atoms with Crippen molar-refractivity contribution in [1.82, 2.24) is 0 Å². The lowest BCUT2D eigenvalue weighted by Gasteiger charge is -2.18. The maximum atomic E-state index is 12.9. The zero-order valence-corrected chi connectivity index (χ0v) is 48.7. The predicted octanol–water partition coefficient (Wildman–Crippen LogP) is 21.6. The summed E-state index contributed by atoms with van der Waals surface area (Å²) in [6, 6.07) is 0. The summed E-state index contributed by atoms with van der Waals surface area (Å²) < 4.78 is 16.9. The highest BCUT2D eigenvalue weighted by atomic mass is 16.6. The van der Waals surface area contributed by atoms with Crippen molar-refractivity contribution in [1.29, 1.82) is 0 Å². The first kappa shape index (κ1) is 70.1. The van der Waals surface area contributed by atoms with E-state index in [4.69, 9.17) is 14.2 Å². The lowest BCUT2D eigenvalue weighted by Crippen LogP contribution is -2.30. The van der Waals surface area contributed by atoms with Crippen LogP contribution in [0.25, 0.3) is 0 Å². The highest BCUT2D eigenvalue weighted by molar-refractivity contribution is 5.71. The largest absolute Gasteiger partial charge is 0.462 e. The van der Waals surface area contributed by atoms with Gasteiger partial charge in [-0.25, -0.2) is 0 Å². The quantitative estimate of drug-likeness (QED) is 0.0261. The summed E-state index contributed by atoms with van der Waals surface area (Å²) in [4.78, 5) is 38.1. The van der Waals surface area contributed by atoms with Crippen LogP contribution in [-0.4, -0.2) is 37.2 Å². The van der Waals surface area contributed by atoms with Crippen molar-refractivity contribution in [3.63, 3.8) is 0 Å². The SMILES string of the molecule is CCC/C=C\CCCCCCCC(=O)OCC(COC(=O)CCCCCCCCCCCCCCCC/C=C\C/C=C\C/C=C\CCCCCCC)OC(=O)CCCCCCC/C=C\CCCCCCCCC. The van der Waals surface area contributed by atoms with Gasteiger partial charge in [-0.05, 0) is 103 Å². The minimum Gasteiger partial charge on any atom is -0.462 e. The van der Waals surface area contributed by atoms with Crippen LogP contribution < -0.4 is 0 Å². The number of esters is 3. The molecule has 0 aliphatic heterocycles. The molecule has 0 spiro atoms. The van der Waals surface area contributed by atoms with Gasteiger partial charge in [0.2, 0.25) is 0 Å². The van der Waals surface area contributed by atoms with Crippen LogP contribution in [0.5, 0.6) is 0 Å². The van der Waals surface area contributed by atoms with Gasteiger partial charge < -0.3 is 14.2 Å². The summed E-state index contributed by atoms with van der Waals surface area (Å²) >= 11 is 0. The normalized spacial score (nSPS) is 12.4. The second-order valence-corrected chi connectivity index (χ2v) is 21.3. The van der Waals surface area contributed by atoms with Gasteiger partial charge in [-0.1, -0.05) is 268 Å². The van der Waals surface area contributed by atoms with Crippen LogP contribution in [0.15, 0.2) is 60.8 Å². The number of carbonyl (C=O) groups excluding carboxylic acids is 3. The molecule has 1 atom stereocenters. The van der Waals surface area contributed by atoms with Crippen LogP contribution in [0.2, 0.25) is 0 Å². The standard InChI is InChI=1S/C67H120O6/c1-4-7-10-13-16-19-22-24-26-28-29-30-31-32-33-34-35-36-37-38-39-40-42-43-45-48-51-54-57-60-66(69)72-63-64(62-71-65(68)59-56-53-50-47-21-18-15-12-9-6-3)73-67(70)61-58-55-52-49-46-44-41-27-25-23-20-17-14-11-8-5-2/h12,15,22,24,27-29,31-32,41,64H,4-11,13-14,16-21,23,25-26,30,33-40,42-63H2,1-3H3/b15-12-,24-22-,29-28-,32-31-,41-27-. The average Bonchev–Trinajstić information content (AvgIpc) is 3.39. The molecule has 6 heteroatoms. The number of unbranched alkanes of at least 4 members (excludes halogenated alkanes) is 37. The molecular formula is C67H120O6. The molecule has 0 N–H and O–H groups in total. The van der Waals surface area contributed by atoms with Gasteiger partial charge in [0, 0.05) is 19.3 Å². The molecule has 0 radical (unpaired) electrons. The molecule has 0 fully saturated rings. The fourth-order valence-electron chi connectivity index (χ4n) is 9.15. The van der Waals surface area contributed by atoms with Crippen LogP contribution in [-0.2, 0) is 28.6 Å². The number of allylic oxidation sites excluding steroid dienone is 10. The first-order valence-corrected chi connectivity index (χ1v) is 31.8. The van der Waals surface area contributed by atoms with Crippen molar-refractivity contribution >= 4 is 17.9 Å². The Hall–Kier alpha value is -2.89. The fourth-order valence-corrected chi connectivity index (χ4v) is 9.15. The first-order chi connectivity index (χ1) is 36.0. The Morgan fingerprint density at radius 3 is 0.836 bits per heavy atom. The topological polar surface area (TPSA) is 78.9 Å². The molecular weight excluding hydrogens is 901 g/mol. The van der Waals surface area contributed by atoms with E-state index in [1.165, 1.54) is 199 Å². The minimum absolute atomic E-state index is 0.0784. The van der Waals surface area contributed by atoms with Gasteiger partial charge in [0.25, 0.3) is 0 Å². The molecule has 0 aliphatic rings. The van der Waals surface area contributed by atoms with E-state index in [0.717, 1.165) is 89.9 Å². The van der Waals surface area contributed by atoms with Gasteiger partial charge in [-0.2, -0.15) is 0 Å². The smallest absolute Gasteiger partial charge is 0.306 e. The number of carbonyl (C=O) groups is 3. The Balaban J connectivity index is 4.16. The summed E-state index contributed by atoms with van der Waals surface area (Å²) in [6.45, 7) is 6.58.